The minimum atomic E-state index is -0.469. The number of nitrogens with one attached hydrogen (secondary N) is 1. The van der Waals surface area contributed by atoms with Crippen LogP contribution in [0.5, 0.6) is 0 Å². The molecule has 3 N–H and O–H groups in total. The number of aromatic nitrogens is 1. The predicted molar refractivity (Wildman–Crippen MR) is 46.9 cm³/mol. The second-order valence-corrected chi connectivity index (χ2v) is 3.80. The average molecular weight is 183 g/mol. The lowest BCUT2D eigenvalue weighted by Gasteiger charge is -2.12. The van der Waals surface area contributed by atoms with Crippen molar-refractivity contribution >= 4 is 5.91 Å². The van der Waals surface area contributed by atoms with E-state index in [-0.39, 0.29) is 11.2 Å². The van der Waals surface area contributed by atoms with Crippen LogP contribution < -0.4 is 11.3 Å². The highest BCUT2D eigenvalue weighted by molar-refractivity contribution is 5.90. The van der Waals surface area contributed by atoms with Gasteiger partial charge in [0.15, 0.2) is 0 Å². The van der Waals surface area contributed by atoms with Crippen molar-refractivity contribution in [1.29, 1.82) is 0 Å². The van der Waals surface area contributed by atoms with Gasteiger partial charge >= 0.3 is 5.91 Å². The zero-order valence-electron chi connectivity index (χ0n) is 7.92. The lowest BCUT2D eigenvalue weighted by Crippen LogP contribution is -2.29. The molecule has 5 heteroatoms. The summed E-state index contributed by atoms with van der Waals surface area (Å²) in [4.78, 5) is 11.0. The first-order valence-corrected chi connectivity index (χ1v) is 3.93. The first-order valence-electron chi connectivity index (χ1n) is 3.93. The van der Waals surface area contributed by atoms with Crippen LogP contribution in [0.4, 0.5) is 0 Å². The van der Waals surface area contributed by atoms with Crippen molar-refractivity contribution in [3.05, 3.63) is 17.5 Å². The highest BCUT2D eigenvalue weighted by Gasteiger charge is 2.21. The van der Waals surface area contributed by atoms with E-state index in [1.165, 1.54) is 0 Å². The first kappa shape index (κ1) is 9.73. The Hall–Kier alpha value is -1.36. The lowest BCUT2D eigenvalue weighted by atomic mass is 9.92. The summed E-state index contributed by atoms with van der Waals surface area (Å²) in [7, 11) is 0. The maximum atomic E-state index is 11.0. The molecule has 0 atom stereocenters. The first-order chi connectivity index (χ1) is 5.95. The summed E-state index contributed by atoms with van der Waals surface area (Å²) in [6, 6.07) is 1.59. The van der Waals surface area contributed by atoms with E-state index in [1.54, 1.807) is 6.07 Å². The Labute approximate surface area is 76.2 Å². The van der Waals surface area contributed by atoms with Crippen LogP contribution in [0.25, 0.3) is 0 Å². The van der Waals surface area contributed by atoms with Gasteiger partial charge in [-0.1, -0.05) is 25.9 Å². The molecule has 0 saturated heterocycles. The molecule has 0 bridgehead atoms. The van der Waals surface area contributed by atoms with Crippen molar-refractivity contribution in [2.75, 3.05) is 0 Å². The molecule has 1 amide bonds. The van der Waals surface area contributed by atoms with E-state index in [2.05, 4.69) is 5.16 Å². The minimum absolute atomic E-state index is 0.128. The highest BCUT2D eigenvalue weighted by Crippen LogP contribution is 2.21. The molecule has 0 spiro atoms. The Morgan fingerprint density at radius 2 is 2.23 bits per heavy atom. The summed E-state index contributed by atoms with van der Waals surface area (Å²) in [5, 5.41) is 3.77. The summed E-state index contributed by atoms with van der Waals surface area (Å²) in [5.41, 5.74) is 2.57. The molecule has 0 aliphatic carbocycles. The molecule has 0 aromatic carbocycles. The molecule has 0 unspecified atom stereocenters. The third-order valence-corrected chi connectivity index (χ3v) is 1.63. The average Bonchev–Trinajstić information content (AvgIpc) is 2.50. The van der Waals surface area contributed by atoms with Gasteiger partial charge in [0.25, 0.3) is 0 Å². The summed E-state index contributed by atoms with van der Waals surface area (Å²) >= 11 is 0. The fourth-order valence-electron chi connectivity index (χ4n) is 0.807. The van der Waals surface area contributed by atoms with Gasteiger partial charge in [-0.05, 0) is 0 Å². The molecule has 0 fully saturated rings. The van der Waals surface area contributed by atoms with Gasteiger partial charge in [0.2, 0.25) is 5.76 Å². The number of nitrogens with two attached hydrogens (primary N) is 1. The molecular formula is C8H13N3O2. The molecule has 72 valence electrons. The SMILES string of the molecule is CC(C)(C)c1cc(C(=O)NN)on1. The van der Waals surface area contributed by atoms with Crippen molar-refractivity contribution in [3.8, 4) is 0 Å². The Balaban J connectivity index is 2.93. The summed E-state index contributed by atoms with van der Waals surface area (Å²) < 4.78 is 4.80. The van der Waals surface area contributed by atoms with E-state index >= 15 is 0 Å². The van der Waals surface area contributed by atoms with Gasteiger partial charge in [-0.2, -0.15) is 0 Å². The third-order valence-electron chi connectivity index (χ3n) is 1.63. The van der Waals surface area contributed by atoms with E-state index < -0.39 is 5.91 Å². The number of rotatable bonds is 1. The number of amides is 1. The molecule has 1 aromatic heterocycles. The molecule has 1 rings (SSSR count). The van der Waals surface area contributed by atoms with Crippen LogP contribution in [0.1, 0.15) is 37.0 Å². The summed E-state index contributed by atoms with van der Waals surface area (Å²) in [6.07, 6.45) is 0. The van der Waals surface area contributed by atoms with Crippen molar-refractivity contribution in [1.82, 2.24) is 10.6 Å². The van der Waals surface area contributed by atoms with Crippen LogP contribution >= 0.6 is 0 Å². The van der Waals surface area contributed by atoms with Gasteiger partial charge in [0.05, 0.1) is 5.69 Å². The van der Waals surface area contributed by atoms with Gasteiger partial charge < -0.3 is 4.52 Å². The number of nitrogens with zero attached hydrogens (tertiary/aromatic N) is 1. The molecule has 0 radical (unpaired) electrons. The largest absolute Gasteiger partial charge is 0.351 e. The Morgan fingerprint density at radius 1 is 1.62 bits per heavy atom. The second kappa shape index (κ2) is 3.18. The van der Waals surface area contributed by atoms with Crippen LogP contribution in [0.2, 0.25) is 0 Å². The van der Waals surface area contributed by atoms with Gasteiger partial charge in [0.1, 0.15) is 0 Å². The molecule has 5 nitrogen and oxygen atoms in total. The maximum absolute atomic E-state index is 11.0. The second-order valence-electron chi connectivity index (χ2n) is 3.80. The number of hydrazine groups is 1. The van der Waals surface area contributed by atoms with Crippen molar-refractivity contribution in [2.24, 2.45) is 5.84 Å². The fourth-order valence-corrected chi connectivity index (χ4v) is 0.807. The van der Waals surface area contributed by atoms with Gasteiger partial charge in [-0.15, -0.1) is 0 Å². The number of hydrogen-bond donors (Lipinski definition) is 2. The summed E-state index contributed by atoms with van der Waals surface area (Å²) in [6.45, 7) is 5.94. The molecule has 0 saturated carbocycles. The lowest BCUT2D eigenvalue weighted by molar-refractivity contribution is 0.0916. The smallest absolute Gasteiger partial charge is 0.303 e. The van der Waals surface area contributed by atoms with E-state index in [1.807, 2.05) is 26.2 Å². The van der Waals surface area contributed by atoms with Crippen LogP contribution in [-0.2, 0) is 5.41 Å². The molecule has 13 heavy (non-hydrogen) atoms. The summed E-state index contributed by atoms with van der Waals surface area (Å²) in [5.74, 6) is 4.60. The van der Waals surface area contributed by atoms with Crippen LogP contribution in [0, 0.1) is 0 Å². The zero-order chi connectivity index (χ0) is 10.1. The third kappa shape index (κ3) is 2.06. The highest BCUT2D eigenvalue weighted by atomic mass is 16.5. The molecule has 0 aliphatic rings. The molecular weight excluding hydrogens is 170 g/mol. The van der Waals surface area contributed by atoms with Gasteiger partial charge in [-0.3, -0.25) is 10.2 Å². The monoisotopic (exact) mass is 183 g/mol. The van der Waals surface area contributed by atoms with E-state index in [9.17, 15) is 4.79 Å². The number of nitrogen functional groups attached to an aromatic ring is 1. The topological polar surface area (TPSA) is 81.2 Å². The van der Waals surface area contributed by atoms with Gasteiger partial charge in [-0.25, -0.2) is 5.84 Å². The number of carbonyl (C=O) groups is 1. The normalized spacial score (nSPS) is 11.4. The standard InChI is InChI=1S/C8H13N3O2/c1-8(2,3)6-4-5(13-11-6)7(12)10-9/h4H,9H2,1-3H3,(H,10,12). The van der Waals surface area contributed by atoms with E-state index in [4.69, 9.17) is 10.4 Å². The minimum Gasteiger partial charge on any atom is -0.351 e. The fraction of sp³-hybridized carbons (Fsp3) is 0.500. The van der Waals surface area contributed by atoms with E-state index in [0.29, 0.717) is 0 Å². The molecule has 0 aliphatic heterocycles. The Morgan fingerprint density at radius 3 is 2.62 bits per heavy atom. The number of hydrogen-bond acceptors (Lipinski definition) is 4. The maximum Gasteiger partial charge on any atom is 0.303 e. The predicted octanol–water partition coefficient (Wildman–Crippen LogP) is 0.576. The Bertz CT molecular complexity index is 311. The van der Waals surface area contributed by atoms with Crippen molar-refractivity contribution in [3.63, 3.8) is 0 Å². The zero-order valence-corrected chi connectivity index (χ0v) is 7.92. The van der Waals surface area contributed by atoms with E-state index in [0.717, 1.165) is 5.69 Å². The molecule has 1 heterocycles. The van der Waals surface area contributed by atoms with Crippen molar-refractivity contribution < 1.29 is 9.32 Å². The van der Waals surface area contributed by atoms with Crippen LogP contribution in [0.15, 0.2) is 10.6 Å². The molecule has 1 aromatic rings. The quantitative estimate of drug-likeness (QED) is 0.379. The van der Waals surface area contributed by atoms with Crippen LogP contribution in [-0.4, -0.2) is 11.1 Å². The van der Waals surface area contributed by atoms with Crippen LogP contribution in [0.3, 0.4) is 0 Å². The number of carbonyl (C=O) groups excluding carboxylic acids is 1. The van der Waals surface area contributed by atoms with Gasteiger partial charge in [0, 0.05) is 11.5 Å². The Kier molecular flexibility index (Phi) is 2.38. The van der Waals surface area contributed by atoms with Crippen molar-refractivity contribution in [2.45, 2.75) is 26.2 Å².